The molecule has 20 heavy (non-hydrogen) atoms. The standard InChI is InChI=1S/C14H20FNO2.C2H6/c1-2-12-3-4-13(15)14(11-12)18-10-7-16-5-8-17-9-6-16;1-2/h3-4,11H,2,5-10H2,1H3;1-2H3. The zero-order chi connectivity index (χ0) is 14.8. The molecule has 1 fully saturated rings. The van der Waals surface area contributed by atoms with E-state index in [4.69, 9.17) is 9.47 Å². The highest BCUT2D eigenvalue weighted by atomic mass is 19.1. The van der Waals surface area contributed by atoms with Crippen molar-refractivity contribution in [2.75, 3.05) is 39.5 Å². The van der Waals surface area contributed by atoms with Gasteiger partial charge in [0.15, 0.2) is 11.6 Å². The van der Waals surface area contributed by atoms with Gasteiger partial charge in [0.05, 0.1) is 13.2 Å². The van der Waals surface area contributed by atoms with Crippen molar-refractivity contribution < 1.29 is 13.9 Å². The van der Waals surface area contributed by atoms with Crippen LogP contribution in [0.3, 0.4) is 0 Å². The van der Waals surface area contributed by atoms with Crippen molar-refractivity contribution in [2.45, 2.75) is 27.2 Å². The Morgan fingerprint density at radius 1 is 1.25 bits per heavy atom. The van der Waals surface area contributed by atoms with Gasteiger partial charge in [0.2, 0.25) is 0 Å². The van der Waals surface area contributed by atoms with E-state index in [0.29, 0.717) is 12.4 Å². The SMILES string of the molecule is CC.CCc1ccc(F)c(OCCN2CCOCC2)c1. The average molecular weight is 283 g/mol. The van der Waals surface area contributed by atoms with E-state index < -0.39 is 0 Å². The third kappa shape index (κ3) is 5.47. The van der Waals surface area contributed by atoms with Crippen LogP contribution in [0.2, 0.25) is 0 Å². The van der Waals surface area contributed by atoms with Crippen LogP contribution in [-0.4, -0.2) is 44.4 Å². The molecule has 0 aliphatic carbocycles. The molecule has 1 aliphatic rings. The van der Waals surface area contributed by atoms with Crippen molar-refractivity contribution in [2.24, 2.45) is 0 Å². The fraction of sp³-hybridized carbons (Fsp3) is 0.625. The van der Waals surface area contributed by atoms with Gasteiger partial charge in [0, 0.05) is 19.6 Å². The molecule has 0 radical (unpaired) electrons. The minimum Gasteiger partial charge on any atom is -0.489 e. The predicted molar refractivity (Wildman–Crippen MR) is 79.9 cm³/mol. The molecule has 0 aromatic heterocycles. The zero-order valence-corrected chi connectivity index (χ0v) is 12.8. The largest absolute Gasteiger partial charge is 0.489 e. The van der Waals surface area contributed by atoms with E-state index in [2.05, 4.69) is 4.90 Å². The molecule has 1 aliphatic heterocycles. The molecule has 1 aromatic carbocycles. The third-order valence-corrected chi connectivity index (χ3v) is 3.17. The minimum absolute atomic E-state index is 0.283. The van der Waals surface area contributed by atoms with Gasteiger partial charge < -0.3 is 9.47 Å². The molecule has 0 spiro atoms. The van der Waals surface area contributed by atoms with Crippen LogP contribution in [0.4, 0.5) is 4.39 Å². The number of halogens is 1. The van der Waals surface area contributed by atoms with Crippen molar-refractivity contribution in [3.63, 3.8) is 0 Å². The molecule has 114 valence electrons. The summed E-state index contributed by atoms with van der Waals surface area (Å²) in [5.41, 5.74) is 1.10. The number of rotatable bonds is 5. The summed E-state index contributed by atoms with van der Waals surface area (Å²) in [6, 6.07) is 5.06. The van der Waals surface area contributed by atoms with E-state index >= 15 is 0 Å². The first-order chi connectivity index (χ1) is 9.79. The lowest BCUT2D eigenvalue weighted by atomic mass is 10.1. The summed E-state index contributed by atoms with van der Waals surface area (Å²) in [5.74, 6) is 0.0804. The van der Waals surface area contributed by atoms with Crippen LogP contribution in [-0.2, 0) is 11.2 Å². The highest BCUT2D eigenvalue weighted by Gasteiger charge is 2.10. The van der Waals surface area contributed by atoms with E-state index in [1.54, 1.807) is 12.1 Å². The maximum Gasteiger partial charge on any atom is 0.165 e. The fourth-order valence-corrected chi connectivity index (χ4v) is 1.99. The van der Waals surface area contributed by atoms with Gasteiger partial charge in [-0.1, -0.05) is 26.8 Å². The number of aryl methyl sites for hydroxylation is 1. The first-order valence-corrected chi connectivity index (χ1v) is 7.51. The smallest absolute Gasteiger partial charge is 0.165 e. The van der Waals surface area contributed by atoms with Crippen molar-refractivity contribution >= 4 is 0 Å². The molecular weight excluding hydrogens is 257 g/mol. The Morgan fingerprint density at radius 2 is 1.95 bits per heavy atom. The van der Waals surface area contributed by atoms with Crippen molar-refractivity contribution in [1.29, 1.82) is 0 Å². The maximum atomic E-state index is 13.5. The summed E-state index contributed by atoms with van der Waals surface area (Å²) in [6.45, 7) is 10.8. The first-order valence-electron chi connectivity index (χ1n) is 7.51. The summed E-state index contributed by atoms with van der Waals surface area (Å²) < 4.78 is 24.3. The number of morpholine rings is 1. The van der Waals surface area contributed by atoms with E-state index in [-0.39, 0.29) is 5.82 Å². The lowest BCUT2D eigenvalue weighted by molar-refractivity contribution is 0.0320. The first kappa shape index (κ1) is 16.9. The highest BCUT2D eigenvalue weighted by molar-refractivity contribution is 5.30. The summed E-state index contributed by atoms with van der Waals surface area (Å²) in [5, 5.41) is 0. The molecule has 1 heterocycles. The Morgan fingerprint density at radius 3 is 2.60 bits per heavy atom. The lowest BCUT2D eigenvalue weighted by Gasteiger charge is -2.26. The Balaban J connectivity index is 0.000000956. The van der Waals surface area contributed by atoms with Gasteiger partial charge in [0.25, 0.3) is 0 Å². The second-order valence-corrected chi connectivity index (χ2v) is 4.42. The van der Waals surface area contributed by atoms with Crippen LogP contribution in [0.15, 0.2) is 18.2 Å². The molecule has 0 bridgehead atoms. The molecule has 3 nitrogen and oxygen atoms in total. The van der Waals surface area contributed by atoms with E-state index in [9.17, 15) is 4.39 Å². The van der Waals surface area contributed by atoms with Gasteiger partial charge in [-0.25, -0.2) is 4.39 Å². The molecule has 0 saturated carbocycles. The third-order valence-electron chi connectivity index (χ3n) is 3.17. The van der Waals surface area contributed by atoms with Gasteiger partial charge in [-0.15, -0.1) is 0 Å². The molecule has 2 rings (SSSR count). The van der Waals surface area contributed by atoms with Gasteiger partial charge in [-0.2, -0.15) is 0 Å². The topological polar surface area (TPSA) is 21.7 Å². The molecule has 0 atom stereocenters. The summed E-state index contributed by atoms with van der Waals surface area (Å²) >= 11 is 0. The molecule has 0 unspecified atom stereocenters. The molecule has 1 saturated heterocycles. The fourth-order valence-electron chi connectivity index (χ4n) is 1.99. The van der Waals surface area contributed by atoms with Gasteiger partial charge in [0.1, 0.15) is 6.61 Å². The van der Waals surface area contributed by atoms with Crippen LogP contribution in [0, 0.1) is 5.82 Å². The maximum absolute atomic E-state index is 13.5. The van der Waals surface area contributed by atoms with Gasteiger partial charge in [-0.05, 0) is 24.1 Å². The van der Waals surface area contributed by atoms with Crippen molar-refractivity contribution in [3.05, 3.63) is 29.6 Å². The lowest BCUT2D eigenvalue weighted by Crippen LogP contribution is -2.38. The van der Waals surface area contributed by atoms with Crippen LogP contribution in [0.25, 0.3) is 0 Å². The Hall–Kier alpha value is -1.13. The molecule has 4 heteroatoms. The molecular formula is C16H26FNO2. The number of benzene rings is 1. The molecule has 1 aromatic rings. The normalized spacial score (nSPS) is 15.4. The summed E-state index contributed by atoms with van der Waals surface area (Å²) in [6.07, 6.45) is 0.889. The summed E-state index contributed by atoms with van der Waals surface area (Å²) in [4.78, 5) is 2.27. The molecule has 0 amide bonds. The Kier molecular flexibility index (Phi) is 8.23. The van der Waals surface area contributed by atoms with E-state index in [0.717, 1.165) is 44.8 Å². The molecule has 0 N–H and O–H groups in total. The number of ether oxygens (including phenoxy) is 2. The van der Waals surface area contributed by atoms with Crippen molar-refractivity contribution in [1.82, 2.24) is 4.90 Å². The van der Waals surface area contributed by atoms with E-state index in [1.165, 1.54) is 6.07 Å². The average Bonchev–Trinajstić information content (AvgIpc) is 2.52. The van der Waals surface area contributed by atoms with Crippen LogP contribution in [0.5, 0.6) is 5.75 Å². The second kappa shape index (κ2) is 9.72. The minimum atomic E-state index is -0.283. The zero-order valence-electron chi connectivity index (χ0n) is 12.8. The van der Waals surface area contributed by atoms with Crippen molar-refractivity contribution in [3.8, 4) is 5.75 Å². The second-order valence-electron chi connectivity index (χ2n) is 4.42. The Labute approximate surface area is 121 Å². The number of hydrogen-bond donors (Lipinski definition) is 0. The van der Waals surface area contributed by atoms with E-state index in [1.807, 2.05) is 20.8 Å². The monoisotopic (exact) mass is 283 g/mol. The summed E-state index contributed by atoms with van der Waals surface area (Å²) in [7, 11) is 0. The quantitative estimate of drug-likeness (QED) is 0.828. The number of nitrogens with zero attached hydrogens (tertiary/aromatic N) is 1. The predicted octanol–water partition coefficient (Wildman–Crippen LogP) is 3.13. The van der Waals surface area contributed by atoms with Crippen LogP contribution >= 0.6 is 0 Å². The van der Waals surface area contributed by atoms with Gasteiger partial charge >= 0.3 is 0 Å². The number of hydrogen-bond acceptors (Lipinski definition) is 3. The van der Waals surface area contributed by atoms with Gasteiger partial charge in [-0.3, -0.25) is 4.90 Å². The Bertz CT molecular complexity index is 379. The van der Waals surface area contributed by atoms with Crippen LogP contribution in [0.1, 0.15) is 26.3 Å². The highest BCUT2D eigenvalue weighted by Crippen LogP contribution is 2.19. The van der Waals surface area contributed by atoms with Crippen LogP contribution < -0.4 is 4.74 Å².